The Bertz CT molecular complexity index is 1600. The van der Waals surface area contributed by atoms with Crippen LogP contribution in [0.1, 0.15) is 69.9 Å². The van der Waals surface area contributed by atoms with Gasteiger partial charge in [-0.15, -0.1) is 0 Å². The molecule has 4 aromatic rings. The quantitative estimate of drug-likeness (QED) is 0.296. The van der Waals surface area contributed by atoms with Crippen LogP contribution in [0.2, 0.25) is 5.02 Å². The Hall–Kier alpha value is -4.14. The van der Waals surface area contributed by atoms with Gasteiger partial charge in [-0.3, -0.25) is 9.59 Å². The average Bonchev–Trinajstić information content (AvgIpc) is 3.60. The molecule has 1 aliphatic rings. The van der Waals surface area contributed by atoms with Crippen molar-refractivity contribution < 1.29 is 36.1 Å². The lowest BCUT2D eigenvalue weighted by Gasteiger charge is -2.26. The molecule has 1 saturated carbocycles. The summed E-state index contributed by atoms with van der Waals surface area (Å²) in [5.74, 6) is -4.44. The summed E-state index contributed by atoms with van der Waals surface area (Å²) in [7, 11) is 0. The lowest BCUT2D eigenvalue weighted by molar-refractivity contribution is -0.159. The van der Waals surface area contributed by atoms with Crippen molar-refractivity contribution in [2.45, 2.75) is 44.3 Å². The van der Waals surface area contributed by atoms with Gasteiger partial charge in [0, 0.05) is 25.1 Å². The number of alkyl halides is 3. The molecule has 1 aliphatic carbocycles. The maximum absolute atomic E-state index is 14.3. The zero-order valence-electron chi connectivity index (χ0n) is 21.0. The van der Waals surface area contributed by atoms with Crippen molar-refractivity contribution in [2.24, 2.45) is 5.92 Å². The van der Waals surface area contributed by atoms with Crippen molar-refractivity contribution in [1.82, 2.24) is 35.4 Å². The molecule has 1 aromatic carbocycles. The SMILES string of the molecule is O=C(NCc1ccc(F)c(Cl)c1)c1cc(C(=O)NC[C@H]2CC[C@H](c3noc(C(F)(F)F)n3)CC2)n2ncc(F)c2n1. The Morgan fingerprint density at radius 1 is 1.02 bits per heavy atom. The van der Waals surface area contributed by atoms with Gasteiger partial charge in [-0.2, -0.15) is 23.3 Å². The lowest BCUT2D eigenvalue weighted by Crippen LogP contribution is -2.33. The first-order valence-electron chi connectivity index (χ1n) is 12.4. The van der Waals surface area contributed by atoms with Crippen molar-refractivity contribution >= 4 is 29.1 Å². The first-order chi connectivity index (χ1) is 19.5. The highest BCUT2D eigenvalue weighted by atomic mass is 35.5. The first-order valence-corrected chi connectivity index (χ1v) is 12.8. The predicted octanol–water partition coefficient (Wildman–Crippen LogP) is 4.70. The van der Waals surface area contributed by atoms with Gasteiger partial charge in [-0.05, 0) is 49.3 Å². The molecule has 5 rings (SSSR count). The van der Waals surface area contributed by atoms with Crippen molar-refractivity contribution in [1.29, 1.82) is 0 Å². The number of carbonyl (C=O) groups is 2. The summed E-state index contributed by atoms with van der Waals surface area (Å²) >= 11 is 5.77. The minimum absolute atomic E-state index is 0.00743. The number of hydrogen-bond acceptors (Lipinski definition) is 7. The molecule has 1 fully saturated rings. The minimum Gasteiger partial charge on any atom is -0.350 e. The molecule has 0 bridgehead atoms. The van der Waals surface area contributed by atoms with E-state index in [9.17, 15) is 31.5 Å². The molecule has 0 saturated heterocycles. The summed E-state index contributed by atoms with van der Waals surface area (Å²) in [5, 5.41) is 12.5. The first kappa shape index (κ1) is 28.4. The van der Waals surface area contributed by atoms with Gasteiger partial charge in [0.1, 0.15) is 17.2 Å². The van der Waals surface area contributed by atoms with E-state index < -0.39 is 35.5 Å². The van der Waals surface area contributed by atoms with Gasteiger partial charge in [0.25, 0.3) is 11.8 Å². The van der Waals surface area contributed by atoms with Gasteiger partial charge in [0.2, 0.25) is 0 Å². The number of nitrogens with one attached hydrogen (secondary N) is 2. The molecule has 2 N–H and O–H groups in total. The summed E-state index contributed by atoms with van der Waals surface area (Å²) in [4.78, 5) is 33.3. The Morgan fingerprint density at radius 3 is 2.46 bits per heavy atom. The van der Waals surface area contributed by atoms with Crippen molar-refractivity contribution in [3.8, 4) is 0 Å². The predicted molar refractivity (Wildman–Crippen MR) is 132 cm³/mol. The van der Waals surface area contributed by atoms with Gasteiger partial charge in [0.05, 0.1) is 11.2 Å². The van der Waals surface area contributed by atoms with Crippen LogP contribution in [0.25, 0.3) is 5.65 Å². The van der Waals surface area contributed by atoms with E-state index >= 15 is 0 Å². The molecule has 0 aliphatic heterocycles. The largest absolute Gasteiger partial charge is 0.471 e. The molecule has 41 heavy (non-hydrogen) atoms. The maximum Gasteiger partial charge on any atom is 0.471 e. The summed E-state index contributed by atoms with van der Waals surface area (Å²) in [6, 6.07) is 5.11. The fourth-order valence-electron chi connectivity index (χ4n) is 4.60. The summed E-state index contributed by atoms with van der Waals surface area (Å²) in [6.45, 7) is 0.199. The topological polar surface area (TPSA) is 127 Å². The van der Waals surface area contributed by atoms with Crippen LogP contribution in [0.4, 0.5) is 22.0 Å². The molecule has 10 nitrogen and oxygen atoms in total. The van der Waals surface area contributed by atoms with Gasteiger partial charge < -0.3 is 15.2 Å². The molecule has 0 radical (unpaired) electrons. The second-order valence-corrected chi connectivity index (χ2v) is 9.98. The maximum atomic E-state index is 14.3. The van der Waals surface area contributed by atoms with Gasteiger partial charge >= 0.3 is 12.1 Å². The third kappa shape index (κ3) is 6.29. The Morgan fingerprint density at radius 2 is 1.78 bits per heavy atom. The van der Waals surface area contributed by atoms with Gasteiger partial charge in [-0.25, -0.2) is 18.3 Å². The summed E-state index contributed by atoms with van der Waals surface area (Å²) < 4.78 is 71.3. The molecule has 3 heterocycles. The van der Waals surface area contributed by atoms with E-state index in [1.807, 2.05) is 0 Å². The van der Waals surface area contributed by atoms with E-state index in [2.05, 4.69) is 35.4 Å². The molecule has 3 aromatic heterocycles. The molecule has 216 valence electrons. The van der Waals surface area contributed by atoms with Crippen LogP contribution in [-0.4, -0.2) is 43.1 Å². The van der Waals surface area contributed by atoms with Crippen LogP contribution < -0.4 is 10.6 Å². The van der Waals surface area contributed by atoms with Crippen LogP contribution in [0, 0.1) is 17.6 Å². The number of rotatable bonds is 7. The standard InChI is InChI=1S/C25H21ClF5N7O3/c26-15-7-13(3-6-16(15)27)10-32-22(39)18-8-19(38-21(35-18)17(28)11-34-38)23(40)33-9-12-1-4-14(5-2-12)20-36-24(41-37-20)25(29,30)31/h3,6-8,11-12,14H,1-2,4-5,9-10H2,(H,32,39)(H,33,40)/t12-,14-. The third-order valence-electron chi connectivity index (χ3n) is 6.78. The number of carbonyl (C=O) groups excluding carboxylic acids is 2. The van der Waals surface area contributed by atoms with Crippen LogP contribution in [-0.2, 0) is 12.7 Å². The number of nitrogens with zero attached hydrogens (tertiary/aromatic N) is 5. The van der Waals surface area contributed by atoms with Crippen molar-refractivity contribution in [3.05, 3.63) is 75.8 Å². The molecule has 0 unspecified atom stereocenters. The van der Waals surface area contributed by atoms with Crippen molar-refractivity contribution in [3.63, 3.8) is 0 Å². The molecule has 0 atom stereocenters. The molecule has 2 amide bonds. The van der Waals surface area contributed by atoms with Crippen LogP contribution in [0.15, 0.2) is 35.0 Å². The fraction of sp³-hybridized carbons (Fsp3) is 0.360. The number of fused-ring (bicyclic) bond motifs is 1. The molecule has 16 heteroatoms. The zero-order chi connectivity index (χ0) is 29.3. The Balaban J connectivity index is 1.22. The highest BCUT2D eigenvalue weighted by molar-refractivity contribution is 6.30. The van der Waals surface area contributed by atoms with Gasteiger partial charge in [-0.1, -0.05) is 22.8 Å². The van der Waals surface area contributed by atoms with Gasteiger partial charge in [0.15, 0.2) is 17.3 Å². The van der Waals surface area contributed by atoms with Crippen LogP contribution in [0.5, 0.6) is 0 Å². The fourth-order valence-corrected chi connectivity index (χ4v) is 4.81. The van der Waals surface area contributed by atoms with Crippen molar-refractivity contribution in [2.75, 3.05) is 6.54 Å². The smallest absolute Gasteiger partial charge is 0.350 e. The number of amides is 2. The number of benzene rings is 1. The van der Waals surface area contributed by atoms with Crippen LogP contribution in [0.3, 0.4) is 0 Å². The molecular weight excluding hydrogens is 577 g/mol. The zero-order valence-corrected chi connectivity index (χ0v) is 21.8. The Kier molecular flexibility index (Phi) is 7.89. The summed E-state index contributed by atoms with van der Waals surface area (Å²) in [5.41, 5.74) is -0.191. The van der Waals surface area contributed by atoms with E-state index in [1.165, 1.54) is 18.2 Å². The highest BCUT2D eigenvalue weighted by Crippen LogP contribution is 2.36. The average molecular weight is 598 g/mol. The van der Waals surface area contributed by atoms with E-state index in [4.69, 9.17) is 11.6 Å². The molecule has 0 spiro atoms. The normalized spacial score (nSPS) is 17.5. The van der Waals surface area contributed by atoms with E-state index in [0.717, 1.165) is 16.8 Å². The summed E-state index contributed by atoms with van der Waals surface area (Å²) in [6.07, 6.45) is -1.66. The number of halogens is 6. The second-order valence-electron chi connectivity index (χ2n) is 9.57. The second kappa shape index (κ2) is 11.4. The monoisotopic (exact) mass is 597 g/mol. The highest BCUT2D eigenvalue weighted by Gasteiger charge is 2.39. The number of hydrogen-bond donors (Lipinski definition) is 2. The third-order valence-corrected chi connectivity index (χ3v) is 7.07. The van der Waals surface area contributed by atoms with E-state index in [0.29, 0.717) is 31.2 Å². The lowest BCUT2D eigenvalue weighted by atomic mass is 9.81. The van der Waals surface area contributed by atoms with E-state index in [-0.39, 0.29) is 52.8 Å². The van der Waals surface area contributed by atoms with E-state index in [1.54, 1.807) is 0 Å². The number of aromatic nitrogens is 5. The Labute approximate surface area is 233 Å². The molecular formula is C25H21ClF5N7O3. The van der Waals surface area contributed by atoms with Crippen LogP contribution >= 0.6 is 11.6 Å². The minimum atomic E-state index is -4.71.